The van der Waals surface area contributed by atoms with Crippen molar-refractivity contribution in [3.63, 3.8) is 0 Å². The van der Waals surface area contributed by atoms with Gasteiger partial charge in [0.2, 0.25) is 5.89 Å². The van der Waals surface area contributed by atoms with E-state index in [1.165, 1.54) is 29.7 Å². The molecule has 0 radical (unpaired) electrons. The Morgan fingerprint density at radius 2 is 1.91 bits per heavy atom. The number of hydrogen-bond acceptors (Lipinski definition) is 7. The van der Waals surface area contributed by atoms with Crippen molar-refractivity contribution in [2.75, 3.05) is 24.5 Å². The van der Waals surface area contributed by atoms with E-state index in [1.807, 2.05) is 6.07 Å². The highest BCUT2D eigenvalue weighted by atomic mass is 32.2. The summed E-state index contributed by atoms with van der Waals surface area (Å²) in [6.07, 6.45) is 4.55. The number of hydrogen-bond donors (Lipinski definition) is 0. The largest absolute Gasteiger partial charge is 0.420 e. The Kier molecular flexibility index (Phi) is 5.81. The Morgan fingerprint density at radius 1 is 1.09 bits per heavy atom. The van der Waals surface area contributed by atoms with Gasteiger partial charge in [0, 0.05) is 37.3 Å². The van der Waals surface area contributed by atoms with Crippen LogP contribution >= 0.6 is 11.3 Å². The van der Waals surface area contributed by atoms with Crippen molar-refractivity contribution in [2.24, 2.45) is 0 Å². The molecule has 1 saturated carbocycles. The molecular formula is C23H28N4O3S2. The van der Waals surface area contributed by atoms with E-state index in [0.29, 0.717) is 46.4 Å². The first-order chi connectivity index (χ1) is 15.4. The lowest BCUT2D eigenvalue weighted by Gasteiger charge is -2.40. The normalized spacial score (nSPS) is 20.8. The lowest BCUT2D eigenvalue weighted by atomic mass is 10.1. The number of rotatable bonds is 5. The molecule has 0 N–H and O–H groups in total. The van der Waals surface area contributed by atoms with Crippen molar-refractivity contribution >= 4 is 27.0 Å². The fraction of sp³-hybridized carbons (Fsp3) is 0.478. The molecule has 32 heavy (non-hydrogen) atoms. The molecule has 1 aliphatic carbocycles. The van der Waals surface area contributed by atoms with Gasteiger partial charge >= 0.3 is 0 Å². The van der Waals surface area contributed by atoms with Crippen molar-refractivity contribution in [3.8, 4) is 10.8 Å². The molecule has 9 heteroatoms. The van der Waals surface area contributed by atoms with E-state index in [0.717, 1.165) is 18.5 Å². The van der Waals surface area contributed by atoms with Gasteiger partial charge in [0.1, 0.15) is 4.21 Å². The molecule has 2 aromatic heterocycles. The molecule has 170 valence electrons. The average molecular weight is 473 g/mol. The molecule has 1 aliphatic heterocycles. The zero-order chi connectivity index (χ0) is 22.3. The van der Waals surface area contributed by atoms with Crippen molar-refractivity contribution < 1.29 is 12.8 Å². The molecule has 1 atom stereocenters. The number of thiophene rings is 1. The van der Waals surface area contributed by atoms with E-state index in [-0.39, 0.29) is 6.04 Å². The van der Waals surface area contributed by atoms with Gasteiger partial charge in [-0.05, 0) is 56.5 Å². The number of sulfonamides is 1. The molecule has 0 unspecified atom stereocenters. The molecule has 2 fully saturated rings. The third kappa shape index (κ3) is 4.09. The SMILES string of the molecule is Cc1cccc(N2CCN(S(=O)(=O)c3ccc(-c4nnc(C5CCCC5)o4)s3)C[C@H]2C)c1. The van der Waals surface area contributed by atoms with Crippen LogP contribution in [0.1, 0.15) is 50.0 Å². The first kappa shape index (κ1) is 21.6. The molecule has 0 bridgehead atoms. The molecule has 1 saturated heterocycles. The Bertz CT molecular complexity index is 1200. The van der Waals surface area contributed by atoms with Crippen LogP contribution in [0.25, 0.3) is 10.8 Å². The van der Waals surface area contributed by atoms with E-state index < -0.39 is 10.0 Å². The number of aryl methyl sites for hydroxylation is 1. The van der Waals surface area contributed by atoms with Gasteiger partial charge in [-0.3, -0.25) is 0 Å². The van der Waals surface area contributed by atoms with E-state index >= 15 is 0 Å². The topological polar surface area (TPSA) is 79.5 Å². The molecular weight excluding hydrogens is 444 g/mol. The predicted octanol–water partition coefficient (Wildman–Crippen LogP) is 4.66. The molecule has 0 spiro atoms. The first-order valence-electron chi connectivity index (χ1n) is 11.2. The van der Waals surface area contributed by atoms with Gasteiger partial charge in [0.15, 0.2) is 0 Å². The maximum atomic E-state index is 13.3. The fourth-order valence-corrected chi connectivity index (χ4v) is 7.60. The molecule has 1 aromatic carbocycles. The number of aromatic nitrogens is 2. The number of nitrogens with zero attached hydrogens (tertiary/aromatic N) is 4. The van der Waals surface area contributed by atoms with E-state index in [4.69, 9.17) is 4.42 Å². The first-order valence-corrected chi connectivity index (χ1v) is 13.4. The van der Waals surface area contributed by atoms with Gasteiger partial charge in [0.25, 0.3) is 15.9 Å². The van der Waals surface area contributed by atoms with Crippen LogP contribution in [0.3, 0.4) is 0 Å². The van der Waals surface area contributed by atoms with Crippen LogP contribution in [0.15, 0.2) is 45.0 Å². The minimum Gasteiger partial charge on any atom is -0.420 e. The third-order valence-electron chi connectivity index (χ3n) is 6.45. The maximum absolute atomic E-state index is 13.3. The summed E-state index contributed by atoms with van der Waals surface area (Å²) >= 11 is 1.20. The quantitative estimate of drug-likeness (QED) is 0.537. The monoisotopic (exact) mass is 472 g/mol. The highest BCUT2D eigenvalue weighted by Gasteiger charge is 2.34. The van der Waals surface area contributed by atoms with Crippen LogP contribution in [0, 0.1) is 6.92 Å². The van der Waals surface area contributed by atoms with Gasteiger partial charge in [-0.25, -0.2) is 8.42 Å². The second kappa shape index (κ2) is 8.61. The Hall–Kier alpha value is -2.23. The standard InChI is InChI=1S/C23H28N4O3S2/c1-16-6-5-9-19(14-16)27-13-12-26(15-17(27)2)32(28,29)21-11-10-20(31-21)23-25-24-22(30-23)18-7-3-4-8-18/h5-6,9-11,14,17-18H,3-4,7-8,12-13,15H2,1-2H3/t17-/m1/s1. The molecule has 3 heterocycles. The van der Waals surface area contributed by atoms with Crippen LogP contribution in [-0.4, -0.2) is 48.6 Å². The summed E-state index contributed by atoms with van der Waals surface area (Å²) in [4.78, 5) is 2.98. The summed E-state index contributed by atoms with van der Waals surface area (Å²) < 4.78 is 34.5. The van der Waals surface area contributed by atoms with E-state index in [9.17, 15) is 8.42 Å². The smallest absolute Gasteiger partial charge is 0.257 e. The molecule has 5 rings (SSSR count). The number of anilines is 1. The zero-order valence-electron chi connectivity index (χ0n) is 18.4. The second-order valence-corrected chi connectivity index (χ2v) is 12.0. The maximum Gasteiger partial charge on any atom is 0.257 e. The Morgan fingerprint density at radius 3 is 2.66 bits per heavy atom. The molecule has 2 aliphatic rings. The highest BCUT2D eigenvalue weighted by molar-refractivity contribution is 7.91. The van der Waals surface area contributed by atoms with E-state index in [2.05, 4.69) is 47.1 Å². The van der Waals surface area contributed by atoms with Crippen LogP contribution < -0.4 is 4.90 Å². The second-order valence-electron chi connectivity index (χ2n) is 8.79. The minimum atomic E-state index is -3.57. The van der Waals surface area contributed by atoms with Crippen LogP contribution in [-0.2, 0) is 10.0 Å². The van der Waals surface area contributed by atoms with Gasteiger partial charge in [-0.2, -0.15) is 4.31 Å². The van der Waals surface area contributed by atoms with Gasteiger partial charge in [0.05, 0.1) is 4.88 Å². The van der Waals surface area contributed by atoms with E-state index in [1.54, 1.807) is 16.4 Å². The summed E-state index contributed by atoms with van der Waals surface area (Å²) in [7, 11) is -3.57. The summed E-state index contributed by atoms with van der Waals surface area (Å²) in [6.45, 7) is 5.73. The Balaban J connectivity index is 1.31. The van der Waals surface area contributed by atoms with Gasteiger partial charge in [-0.15, -0.1) is 21.5 Å². The minimum absolute atomic E-state index is 0.0877. The van der Waals surface area contributed by atoms with Crippen molar-refractivity contribution in [3.05, 3.63) is 47.9 Å². The van der Waals surface area contributed by atoms with Crippen LogP contribution in [0.2, 0.25) is 0 Å². The fourth-order valence-electron chi connectivity index (χ4n) is 4.71. The third-order valence-corrected chi connectivity index (χ3v) is 9.86. The van der Waals surface area contributed by atoms with Gasteiger partial charge < -0.3 is 9.32 Å². The molecule has 7 nitrogen and oxygen atoms in total. The van der Waals surface area contributed by atoms with Gasteiger partial charge in [-0.1, -0.05) is 25.0 Å². The van der Waals surface area contributed by atoms with Crippen molar-refractivity contribution in [2.45, 2.75) is 55.7 Å². The van der Waals surface area contributed by atoms with Crippen LogP contribution in [0.5, 0.6) is 0 Å². The summed E-state index contributed by atoms with van der Waals surface area (Å²) in [5, 5.41) is 8.39. The van der Waals surface area contributed by atoms with Crippen LogP contribution in [0.4, 0.5) is 5.69 Å². The molecule has 3 aromatic rings. The Labute approximate surface area is 193 Å². The number of benzene rings is 1. The van der Waals surface area contributed by atoms with Crippen molar-refractivity contribution in [1.29, 1.82) is 0 Å². The summed E-state index contributed by atoms with van der Waals surface area (Å²) in [5.41, 5.74) is 2.34. The summed E-state index contributed by atoms with van der Waals surface area (Å²) in [5.74, 6) is 1.43. The average Bonchev–Trinajstić information content (AvgIpc) is 3.54. The lowest BCUT2D eigenvalue weighted by Crippen LogP contribution is -2.53. The van der Waals surface area contributed by atoms with Crippen molar-refractivity contribution in [1.82, 2.24) is 14.5 Å². The molecule has 0 amide bonds. The highest BCUT2D eigenvalue weighted by Crippen LogP contribution is 2.37. The zero-order valence-corrected chi connectivity index (χ0v) is 20.0. The number of piperazine rings is 1. The lowest BCUT2D eigenvalue weighted by molar-refractivity contribution is 0.343. The summed E-state index contributed by atoms with van der Waals surface area (Å²) in [6, 6.07) is 11.9. The predicted molar refractivity (Wildman–Crippen MR) is 126 cm³/mol.